The first-order chi connectivity index (χ1) is 9.24. The number of quaternary nitrogens is 1. The molecule has 0 bridgehead atoms. The summed E-state index contributed by atoms with van der Waals surface area (Å²) in [5, 5.41) is 18.0. The van der Waals surface area contributed by atoms with Crippen LogP contribution in [0.2, 0.25) is 0 Å². The van der Waals surface area contributed by atoms with Gasteiger partial charge in [0.25, 0.3) is 0 Å². The average molecular weight is 302 g/mol. The fourth-order valence-electron chi connectivity index (χ4n) is 1.76. The minimum atomic E-state index is -3.84. The second kappa shape index (κ2) is 6.65. The predicted molar refractivity (Wildman–Crippen MR) is 70.8 cm³/mol. The van der Waals surface area contributed by atoms with Crippen molar-refractivity contribution >= 4 is 24.6 Å². The van der Waals surface area contributed by atoms with E-state index in [9.17, 15) is 19.0 Å². The van der Waals surface area contributed by atoms with Crippen molar-refractivity contribution in [1.29, 1.82) is 0 Å². The van der Waals surface area contributed by atoms with Crippen molar-refractivity contribution in [3.8, 4) is 0 Å². The molecule has 0 spiro atoms. The van der Waals surface area contributed by atoms with Crippen LogP contribution in [0.25, 0.3) is 0 Å². The molecule has 20 heavy (non-hydrogen) atoms. The van der Waals surface area contributed by atoms with Crippen LogP contribution in [0.3, 0.4) is 0 Å². The molecule has 0 amide bonds. The molecular weight excluding hydrogens is 285 g/mol. The van der Waals surface area contributed by atoms with E-state index < -0.39 is 37.4 Å². The Hall–Kier alpha value is -1.69. The molecule has 0 aliphatic carbocycles. The molecule has 0 saturated carbocycles. The fourth-order valence-corrected chi connectivity index (χ4v) is 3.51. The number of benzene rings is 1. The van der Waals surface area contributed by atoms with E-state index in [4.69, 9.17) is 10.2 Å². The number of carboxylic acid groups (broad SMARTS) is 2. The van der Waals surface area contributed by atoms with Crippen LogP contribution in [0.15, 0.2) is 30.3 Å². The zero-order chi connectivity index (χ0) is 15.3. The summed E-state index contributed by atoms with van der Waals surface area (Å²) in [6, 6.07) is 6.59. The third kappa shape index (κ3) is 4.45. The Balaban J connectivity index is 2.88. The molecule has 0 heterocycles. The molecular formula is C12H17NO6P+. The Morgan fingerprint density at radius 1 is 1.15 bits per heavy atom. The van der Waals surface area contributed by atoms with Gasteiger partial charge in [-0.2, -0.15) is 0 Å². The first kappa shape index (κ1) is 16.4. The van der Waals surface area contributed by atoms with Crippen LogP contribution in [0.5, 0.6) is 0 Å². The highest BCUT2D eigenvalue weighted by Crippen LogP contribution is 2.42. The van der Waals surface area contributed by atoms with Crippen LogP contribution in [0.4, 0.5) is 0 Å². The Morgan fingerprint density at radius 2 is 1.70 bits per heavy atom. The number of aliphatic carboxylic acids is 2. The van der Waals surface area contributed by atoms with Crippen LogP contribution >= 0.6 is 7.37 Å². The normalized spacial score (nSPS) is 16.9. The topological polar surface area (TPSA) is 140 Å². The van der Waals surface area contributed by atoms with Gasteiger partial charge in [-0.25, -0.2) is 4.79 Å². The highest BCUT2D eigenvalue weighted by molar-refractivity contribution is 7.66. The van der Waals surface area contributed by atoms with Crippen LogP contribution in [-0.4, -0.2) is 39.2 Å². The molecule has 7 nitrogen and oxygen atoms in total. The van der Waals surface area contributed by atoms with Gasteiger partial charge in [-0.3, -0.25) is 9.36 Å². The molecule has 6 N–H and O–H groups in total. The van der Waals surface area contributed by atoms with Gasteiger partial charge in [-0.1, -0.05) is 18.2 Å². The molecule has 0 aliphatic rings. The van der Waals surface area contributed by atoms with E-state index in [1.807, 2.05) is 0 Å². The van der Waals surface area contributed by atoms with Gasteiger partial charge in [0, 0.05) is 17.9 Å². The summed E-state index contributed by atoms with van der Waals surface area (Å²) in [4.78, 5) is 31.8. The van der Waals surface area contributed by atoms with Crippen LogP contribution in [0, 0.1) is 5.92 Å². The molecule has 0 aromatic heterocycles. The third-order valence-electron chi connectivity index (χ3n) is 2.90. The molecule has 1 rings (SSSR count). The van der Waals surface area contributed by atoms with Gasteiger partial charge in [0.15, 0.2) is 6.04 Å². The summed E-state index contributed by atoms with van der Waals surface area (Å²) in [5.74, 6) is -3.77. The lowest BCUT2D eigenvalue weighted by atomic mass is 10.0. The number of carboxylic acids is 2. The molecule has 0 saturated heterocycles. The van der Waals surface area contributed by atoms with E-state index in [0.29, 0.717) is 0 Å². The molecule has 8 heteroatoms. The van der Waals surface area contributed by atoms with Gasteiger partial charge >= 0.3 is 11.9 Å². The largest absolute Gasteiger partial charge is 0.481 e. The van der Waals surface area contributed by atoms with Gasteiger partial charge in [-0.15, -0.1) is 0 Å². The highest BCUT2D eigenvalue weighted by atomic mass is 31.2. The molecule has 2 unspecified atom stereocenters. The number of hydrogen-bond donors (Lipinski definition) is 4. The Bertz CT molecular complexity index is 532. The van der Waals surface area contributed by atoms with Gasteiger partial charge in [0.2, 0.25) is 7.37 Å². The van der Waals surface area contributed by atoms with E-state index in [-0.39, 0.29) is 11.7 Å². The summed E-state index contributed by atoms with van der Waals surface area (Å²) in [6.45, 7) is 0. The first-order valence-electron chi connectivity index (χ1n) is 5.90. The average Bonchev–Trinajstić information content (AvgIpc) is 2.38. The molecule has 0 fully saturated rings. The van der Waals surface area contributed by atoms with E-state index >= 15 is 0 Å². The molecule has 3 atom stereocenters. The maximum Gasteiger partial charge on any atom is 0.362 e. The molecule has 0 radical (unpaired) electrons. The fraction of sp³-hybridized carbons (Fsp3) is 0.333. The van der Waals surface area contributed by atoms with E-state index in [2.05, 4.69) is 5.73 Å². The zero-order valence-electron chi connectivity index (χ0n) is 10.7. The minimum Gasteiger partial charge on any atom is -0.481 e. The van der Waals surface area contributed by atoms with Crippen molar-refractivity contribution in [3.05, 3.63) is 30.3 Å². The Morgan fingerprint density at radius 3 is 2.15 bits per heavy atom. The van der Waals surface area contributed by atoms with Crippen molar-refractivity contribution < 1.29 is 35.0 Å². The van der Waals surface area contributed by atoms with Crippen LogP contribution in [-0.2, 0) is 14.2 Å². The smallest absolute Gasteiger partial charge is 0.362 e. The lowest BCUT2D eigenvalue weighted by molar-refractivity contribution is -0.410. The van der Waals surface area contributed by atoms with Gasteiger partial charge in [-0.05, 0) is 12.1 Å². The summed E-state index contributed by atoms with van der Waals surface area (Å²) in [7, 11) is -3.84. The Kier molecular flexibility index (Phi) is 5.44. The van der Waals surface area contributed by atoms with Crippen LogP contribution < -0.4 is 11.0 Å². The third-order valence-corrected chi connectivity index (χ3v) is 4.94. The maximum atomic E-state index is 12.2. The monoisotopic (exact) mass is 302 g/mol. The first-order valence-corrected chi connectivity index (χ1v) is 7.74. The SMILES string of the molecule is [NH3+][C@@H](CC(CP(=O)(O)c1ccccc1)C(=O)O)C(=O)O. The quantitative estimate of drug-likeness (QED) is 0.494. The zero-order valence-corrected chi connectivity index (χ0v) is 11.6. The number of hydrogen-bond acceptors (Lipinski definition) is 3. The van der Waals surface area contributed by atoms with Crippen molar-refractivity contribution in [3.63, 3.8) is 0 Å². The summed E-state index contributed by atoms with van der Waals surface area (Å²) in [6.07, 6.45) is -0.798. The van der Waals surface area contributed by atoms with E-state index in [1.54, 1.807) is 18.2 Å². The second-order valence-corrected chi connectivity index (χ2v) is 6.81. The predicted octanol–water partition coefficient (Wildman–Crippen LogP) is -0.632. The van der Waals surface area contributed by atoms with Gasteiger partial charge < -0.3 is 20.8 Å². The summed E-state index contributed by atoms with van der Waals surface area (Å²) in [5.41, 5.74) is 3.33. The van der Waals surface area contributed by atoms with Gasteiger partial charge in [0.1, 0.15) is 0 Å². The highest BCUT2D eigenvalue weighted by Gasteiger charge is 2.34. The number of rotatable bonds is 7. The van der Waals surface area contributed by atoms with Crippen molar-refractivity contribution in [2.45, 2.75) is 12.5 Å². The number of carbonyl (C=O) groups is 2. The summed E-state index contributed by atoms with van der Waals surface area (Å²) < 4.78 is 12.2. The van der Waals surface area contributed by atoms with Crippen molar-refractivity contribution in [1.82, 2.24) is 0 Å². The lowest BCUT2D eigenvalue weighted by Gasteiger charge is -2.17. The molecule has 110 valence electrons. The molecule has 0 aliphatic heterocycles. The molecule has 1 aromatic carbocycles. The summed E-state index contributed by atoms with van der Waals surface area (Å²) >= 11 is 0. The van der Waals surface area contributed by atoms with Crippen molar-refractivity contribution in [2.75, 3.05) is 6.16 Å². The molecule has 1 aromatic rings. The lowest BCUT2D eigenvalue weighted by Crippen LogP contribution is -2.65. The minimum absolute atomic E-state index is 0.155. The standard InChI is InChI=1S/C12H16NO6P/c13-10(12(16)17)6-8(11(14)15)7-20(18,19)9-4-2-1-3-5-9/h1-5,8,10H,6-7,13H2,(H,14,15)(H,16,17)(H,18,19)/p+1/t8?,10-/m0/s1. The van der Waals surface area contributed by atoms with Crippen LogP contribution in [0.1, 0.15) is 6.42 Å². The second-order valence-electron chi connectivity index (χ2n) is 4.53. The Labute approximate surface area is 115 Å². The maximum absolute atomic E-state index is 12.2. The van der Waals surface area contributed by atoms with E-state index in [1.165, 1.54) is 12.1 Å². The van der Waals surface area contributed by atoms with E-state index in [0.717, 1.165) is 0 Å². The van der Waals surface area contributed by atoms with Crippen molar-refractivity contribution in [2.24, 2.45) is 5.92 Å². The van der Waals surface area contributed by atoms with Gasteiger partial charge in [0.05, 0.1) is 5.92 Å².